The zero-order valence-electron chi connectivity index (χ0n) is 10.0. The van der Waals surface area contributed by atoms with E-state index in [1.807, 2.05) is 0 Å². The molecule has 104 valence electrons. The molecule has 1 aromatic carbocycles. The van der Waals surface area contributed by atoms with Crippen molar-refractivity contribution in [2.45, 2.75) is 6.92 Å². The molecule has 20 heavy (non-hydrogen) atoms. The molecule has 0 unspecified atom stereocenters. The maximum absolute atomic E-state index is 13.5. The van der Waals surface area contributed by atoms with Gasteiger partial charge < -0.3 is 5.32 Å². The number of nitrogens with zero attached hydrogens (tertiary/aromatic N) is 2. The van der Waals surface area contributed by atoms with Gasteiger partial charge in [0.05, 0.1) is 11.3 Å². The van der Waals surface area contributed by atoms with Gasteiger partial charge in [0.25, 0.3) is 0 Å². The molecule has 2 aromatic rings. The Morgan fingerprint density at radius 2 is 1.95 bits per heavy atom. The molecule has 2 rings (SSSR count). The number of rotatable bonds is 3. The summed E-state index contributed by atoms with van der Waals surface area (Å²) >= 11 is 5.74. The fourth-order valence-corrected chi connectivity index (χ4v) is 1.78. The largest absolute Gasteiger partial charge is 0.337 e. The van der Waals surface area contributed by atoms with Crippen LogP contribution in [0.3, 0.4) is 0 Å². The van der Waals surface area contributed by atoms with E-state index in [1.165, 1.54) is 6.92 Å². The lowest BCUT2D eigenvalue weighted by Crippen LogP contribution is -2.05. The summed E-state index contributed by atoms with van der Waals surface area (Å²) in [4.78, 5) is 18.5. The van der Waals surface area contributed by atoms with Crippen LogP contribution in [0.15, 0.2) is 12.1 Å². The van der Waals surface area contributed by atoms with Gasteiger partial charge in [-0.1, -0.05) is 11.6 Å². The molecule has 0 aliphatic heterocycles. The van der Waals surface area contributed by atoms with Gasteiger partial charge in [0.2, 0.25) is 0 Å². The second-order valence-corrected chi connectivity index (χ2v) is 4.17. The highest BCUT2D eigenvalue weighted by atomic mass is 35.5. The van der Waals surface area contributed by atoms with Gasteiger partial charge >= 0.3 is 0 Å². The molecular formula is C12H7ClF3N3O. The minimum Gasteiger partial charge on any atom is -0.337 e. The smallest absolute Gasteiger partial charge is 0.182 e. The van der Waals surface area contributed by atoms with Gasteiger partial charge in [-0.15, -0.1) is 0 Å². The van der Waals surface area contributed by atoms with Crippen molar-refractivity contribution in [1.82, 2.24) is 9.97 Å². The summed E-state index contributed by atoms with van der Waals surface area (Å²) in [7, 11) is 0. The lowest BCUT2D eigenvalue weighted by Gasteiger charge is -2.10. The number of carbonyl (C=O) groups excluding carboxylic acids is 1. The van der Waals surface area contributed by atoms with Crippen LogP contribution in [-0.4, -0.2) is 16.3 Å². The van der Waals surface area contributed by atoms with Crippen molar-refractivity contribution >= 4 is 29.4 Å². The number of halogens is 4. The lowest BCUT2D eigenvalue weighted by atomic mass is 10.2. The van der Waals surface area contributed by atoms with E-state index in [0.29, 0.717) is 12.4 Å². The molecule has 0 fully saturated rings. The van der Waals surface area contributed by atoms with Gasteiger partial charge in [0.1, 0.15) is 22.6 Å². The van der Waals surface area contributed by atoms with E-state index in [1.54, 1.807) is 0 Å². The molecule has 0 aliphatic rings. The van der Waals surface area contributed by atoms with Gasteiger partial charge in [-0.25, -0.2) is 23.1 Å². The quantitative estimate of drug-likeness (QED) is 0.536. The summed E-state index contributed by atoms with van der Waals surface area (Å²) in [5, 5.41) is 2.19. The number of aryl methyl sites for hydroxylation is 1. The van der Waals surface area contributed by atoms with E-state index >= 15 is 0 Å². The van der Waals surface area contributed by atoms with E-state index in [9.17, 15) is 18.0 Å². The Balaban J connectivity index is 2.52. The van der Waals surface area contributed by atoms with Crippen molar-refractivity contribution in [2.75, 3.05) is 5.32 Å². The second kappa shape index (κ2) is 5.46. The van der Waals surface area contributed by atoms with Crippen LogP contribution in [0.4, 0.5) is 24.7 Å². The number of aromatic nitrogens is 2. The SMILES string of the molecule is Cc1nc(Cl)c(C=O)c(Nc2cc(F)cc(F)c2F)n1. The minimum absolute atomic E-state index is 0.138. The Labute approximate surface area is 116 Å². The molecule has 1 N–H and O–H groups in total. The Bertz CT molecular complexity index is 694. The number of aldehydes is 1. The van der Waals surface area contributed by atoms with Crippen LogP contribution in [0.2, 0.25) is 5.15 Å². The highest BCUT2D eigenvalue weighted by Crippen LogP contribution is 2.26. The van der Waals surface area contributed by atoms with Crippen molar-refractivity contribution in [3.63, 3.8) is 0 Å². The van der Waals surface area contributed by atoms with E-state index < -0.39 is 23.1 Å². The van der Waals surface area contributed by atoms with Gasteiger partial charge in [-0.3, -0.25) is 4.79 Å². The monoisotopic (exact) mass is 301 g/mol. The third-order valence-electron chi connectivity index (χ3n) is 2.37. The Morgan fingerprint density at radius 1 is 1.25 bits per heavy atom. The van der Waals surface area contributed by atoms with Gasteiger partial charge in [0, 0.05) is 12.1 Å². The maximum atomic E-state index is 13.5. The summed E-state index contributed by atoms with van der Waals surface area (Å²) in [6, 6.07) is 1.14. The molecule has 0 radical (unpaired) electrons. The van der Waals surface area contributed by atoms with Gasteiger partial charge in [0.15, 0.2) is 17.9 Å². The summed E-state index contributed by atoms with van der Waals surface area (Å²) in [5.41, 5.74) is -0.638. The zero-order valence-corrected chi connectivity index (χ0v) is 10.8. The van der Waals surface area contributed by atoms with Crippen molar-refractivity contribution in [2.24, 2.45) is 0 Å². The molecular weight excluding hydrogens is 295 g/mol. The lowest BCUT2D eigenvalue weighted by molar-refractivity contribution is 0.112. The van der Waals surface area contributed by atoms with Gasteiger partial charge in [-0.2, -0.15) is 0 Å². The summed E-state index contributed by atoms with van der Waals surface area (Å²) in [6.45, 7) is 1.49. The molecule has 4 nitrogen and oxygen atoms in total. The van der Waals surface area contributed by atoms with Crippen LogP contribution in [0.1, 0.15) is 16.2 Å². The molecule has 0 aliphatic carbocycles. The summed E-state index contributed by atoms with van der Waals surface area (Å²) in [6.07, 6.45) is 0.359. The zero-order chi connectivity index (χ0) is 14.9. The third-order valence-corrected chi connectivity index (χ3v) is 2.66. The molecule has 0 spiro atoms. The van der Waals surface area contributed by atoms with Gasteiger partial charge in [-0.05, 0) is 6.92 Å². The number of anilines is 2. The van der Waals surface area contributed by atoms with E-state index in [2.05, 4.69) is 15.3 Å². The van der Waals surface area contributed by atoms with Crippen molar-refractivity contribution < 1.29 is 18.0 Å². The molecule has 0 atom stereocenters. The average molecular weight is 302 g/mol. The maximum Gasteiger partial charge on any atom is 0.182 e. The number of hydrogen-bond acceptors (Lipinski definition) is 4. The Morgan fingerprint density at radius 3 is 2.60 bits per heavy atom. The first-order chi connectivity index (χ1) is 9.42. The highest BCUT2D eigenvalue weighted by Gasteiger charge is 2.16. The number of nitrogens with one attached hydrogen (secondary N) is 1. The predicted octanol–water partition coefficient (Wildman–Crippen LogP) is 3.41. The molecule has 0 saturated heterocycles. The molecule has 0 amide bonds. The number of hydrogen-bond donors (Lipinski definition) is 1. The standard InChI is InChI=1S/C12H7ClF3N3O/c1-5-17-11(13)7(4-20)12(18-5)19-9-3-6(14)2-8(15)10(9)16/h2-4H,1H3,(H,17,18,19). The molecule has 0 bridgehead atoms. The van der Waals surface area contributed by atoms with Crippen molar-refractivity contribution in [1.29, 1.82) is 0 Å². The van der Waals surface area contributed by atoms with Crippen LogP contribution in [-0.2, 0) is 0 Å². The third kappa shape index (κ3) is 2.72. The van der Waals surface area contributed by atoms with Crippen LogP contribution < -0.4 is 5.32 Å². The Hall–Kier alpha value is -2.15. The summed E-state index contributed by atoms with van der Waals surface area (Å²) < 4.78 is 39.7. The first-order valence-electron chi connectivity index (χ1n) is 5.33. The predicted molar refractivity (Wildman–Crippen MR) is 66.8 cm³/mol. The Kier molecular flexibility index (Phi) is 3.89. The van der Waals surface area contributed by atoms with Crippen LogP contribution in [0.25, 0.3) is 0 Å². The van der Waals surface area contributed by atoms with Crippen LogP contribution >= 0.6 is 11.6 Å². The highest BCUT2D eigenvalue weighted by molar-refractivity contribution is 6.32. The van der Waals surface area contributed by atoms with E-state index in [0.717, 1.165) is 6.07 Å². The first kappa shape index (κ1) is 14.3. The first-order valence-corrected chi connectivity index (χ1v) is 5.71. The number of carbonyl (C=O) groups is 1. The second-order valence-electron chi connectivity index (χ2n) is 3.82. The van der Waals surface area contributed by atoms with Crippen LogP contribution in [0.5, 0.6) is 0 Å². The molecule has 0 saturated carbocycles. The fourth-order valence-electron chi connectivity index (χ4n) is 1.52. The van der Waals surface area contributed by atoms with E-state index in [-0.39, 0.29) is 22.4 Å². The van der Waals surface area contributed by atoms with Crippen molar-refractivity contribution in [3.05, 3.63) is 46.1 Å². The van der Waals surface area contributed by atoms with Crippen molar-refractivity contribution in [3.8, 4) is 0 Å². The minimum atomic E-state index is -1.36. The number of benzene rings is 1. The molecule has 1 aromatic heterocycles. The normalized spacial score (nSPS) is 10.4. The summed E-state index contributed by atoms with van der Waals surface area (Å²) in [5.74, 6) is -3.56. The average Bonchev–Trinajstić information content (AvgIpc) is 2.35. The molecule has 8 heteroatoms. The van der Waals surface area contributed by atoms with E-state index in [4.69, 9.17) is 11.6 Å². The van der Waals surface area contributed by atoms with Crippen LogP contribution in [0, 0.1) is 24.4 Å². The topological polar surface area (TPSA) is 54.9 Å². The molecule has 1 heterocycles. The fraction of sp³-hybridized carbons (Fsp3) is 0.0833.